The van der Waals surface area contributed by atoms with Crippen molar-refractivity contribution in [1.29, 1.82) is 0 Å². The summed E-state index contributed by atoms with van der Waals surface area (Å²) in [6, 6.07) is 0. The zero-order valence-corrected chi connectivity index (χ0v) is 9.39. The molecule has 1 aliphatic heterocycles. The summed E-state index contributed by atoms with van der Waals surface area (Å²) in [5.41, 5.74) is 0.351. The molecule has 78 valence electrons. The molecule has 0 spiro atoms. The molecule has 0 aliphatic carbocycles. The average molecular weight is 185 g/mol. The third-order valence-electron chi connectivity index (χ3n) is 3.32. The van der Waals surface area contributed by atoms with Gasteiger partial charge in [0.1, 0.15) is 0 Å². The van der Waals surface area contributed by atoms with Gasteiger partial charge in [0.05, 0.1) is 12.7 Å². The van der Waals surface area contributed by atoms with Gasteiger partial charge < -0.3 is 10.1 Å². The Morgan fingerprint density at radius 1 is 1.54 bits per heavy atom. The van der Waals surface area contributed by atoms with E-state index in [1.807, 2.05) is 7.05 Å². The molecule has 0 amide bonds. The van der Waals surface area contributed by atoms with E-state index >= 15 is 0 Å². The van der Waals surface area contributed by atoms with Crippen LogP contribution in [-0.2, 0) is 4.74 Å². The smallest absolute Gasteiger partial charge is 0.0581 e. The molecule has 1 saturated heterocycles. The summed E-state index contributed by atoms with van der Waals surface area (Å²) in [6.07, 6.45) is 3.00. The largest absolute Gasteiger partial charge is 0.378 e. The van der Waals surface area contributed by atoms with Crippen LogP contribution in [0.25, 0.3) is 0 Å². The van der Waals surface area contributed by atoms with Crippen molar-refractivity contribution in [2.24, 2.45) is 11.3 Å². The van der Waals surface area contributed by atoms with Crippen LogP contribution in [0.4, 0.5) is 0 Å². The van der Waals surface area contributed by atoms with E-state index in [-0.39, 0.29) is 0 Å². The highest BCUT2D eigenvalue weighted by molar-refractivity contribution is 4.92. The molecule has 0 radical (unpaired) electrons. The van der Waals surface area contributed by atoms with Crippen molar-refractivity contribution in [2.75, 3.05) is 20.2 Å². The summed E-state index contributed by atoms with van der Waals surface area (Å²) in [6.45, 7) is 8.79. The van der Waals surface area contributed by atoms with Crippen molar-refractivity contribution in [2.45, 2.75) is 39.7 Å². The Kier molecular flexibility index (Phi) is 3.74. The Balaban J connectivity index is 2.61. The van der Waals surface area contributed by atoms with Gasteiger partial charge in [0.2, 0.25) is 0 Å². The quantitative estimate of drug-likeness (QED) is 0.723. The summed E-state index contributed by atoms with van der Waals surface area (Å²) in [4.78, 5) is 0. The molecule has 3 atom stereocenters. The predicted molar refractivity (Wildman–Crippen MR) is 55.8 cm³/mol. The molecule has 1 heterocycles. The third-order valence-corrected chi connectivity index (χ3v) is 3.32. The van der Waals surface area contributed by atoms with Crippen molar-refractivity contribution >= 4 is 0 Å². The van der Waals surface area contributed by atoms with Crippen molar-refractivity contribution in [1.82, 2.24) is 5.32 Å². The van der Waals surface area contributed by atoms with Gasteiger partial charge >= 0.3 is 0 Å². The molecular weight excluding hydrogens is 162 g/mol. The lowest BCUT2D eigenvalue weighted by molar-refractivity contribution is 0.101. The van der Waals surface area contributed by atoms with Crippen LogP contribution in [-0.4, -0.2) is 26.3 Å². The first-order valence-corrected chi connectivity index (χ1v) is 5.40. The Morgan fingerprint density at radius 3 is 2.77 bits per heavy atom. The molecule has 0 bridgehead atoms. The summed E-state index contributed by atoms with van der Waals surface area (Å²) in [5.74, 6) is 0.727. The molecule has 2 nitrogen and oxygen atoms in total. The standard InChI is InChI=1S/C11H23NO/c1-5-6-10-9(2)13-8-11(10,3)7-12-4/h9-10,12H,5-8H2,1-4H3. The molecule has 0 aromatic rings. The lowest BCUT2D eigenvalue weighted by Gasteiger charge is -2.30. The van der Waals surface area contributed by atoms with E-state index in [1.165, 1.54) is 12.8 Å². The maximum absolute atomic E-state index is 5.75. The van der Waals surface area contributed by atoms with E-state index < -0.39 is 0 Å². The second-order valence-corrected chi connectivity index (χ2v) is 4.60. The first-order valence-electron chi connectivity index (χ1n) is 5.40. The molecule has 0 aromatic carbocycles. The summed E-state index contributed by atoms with van der Waals surface area (Å²) < 4.78 is 5.75. The van der Waals surface area contributed by atoms with Gasteiger partial charge in [-0.15, -0.1) is 0 Å². The third kappa shape index (κ3) is 2.23. The SMILES string of the molecule is CCCC1C(C)OCC1(C)CNC. The topological polar surface area (TPSA) is 21.3 Å². The van der Waals surface area contributed by atoms with Crippen molar-refractivity contribution in [3.05, 3.63) is 0 Å². The van der Waals surface area contributed by atoms with Gasteiger partial charge in [0, 0.05) is 12.0 Å². The normalized spacial score (nSPS) is 39.7. The molecule has 3 unspecified atom stereocenters. The molecule has 1 fully saturated rings. The molecular formula is C11H23NO. The van der Waals surface area contributed by atoms with E-state index in [2.05, 4.69) is 26.1 Å². The van der Waals surface area contributed by atoms with Crippen molar-refractivity contribution in [3.63, 3.8) is 0 Å². The highest BCUT2D eigenvalue weighted by Gasteiger charge is 2.42. The van der Waals surface area contributed by atoms with Crippen LogP contribution < -0.4 is 5.32 Å². The summed E-state index contributed by atoms with van der Waals surface area (Å²) in [5, 5.41) is 3.28. The predicted octanol–water partition coefficient (Wildman–Crippen LogP) is 2.05. The molecule has 0 saturated carbocycles. The van der Waals surface area contributed by atoms with Gasteiger partial charge in [-0.3, -0.25) is 0 Å². The fourth-order valence-corrected chi connectivity index (χ4v) is 2.59. The maximum atomic E-state index is 5.75. The van der Waals surface area contributed by atoms with Crippen molar-refractivity contribution < 1.29 is 4.74 Å². The van der Waals surface area contributed by atoms with Gasteiger partial charge in [-0.2, -0.15) is 0 Å². The molecule has 0 aromatic heterocycles. The van der Waals surface area contributed by atoms with Crippen LogP contribution in [0, 0.1) is 11.3 Å². The van der Waals surface area contributed by atoms with Crippen LogP contribution >= 0.6 is 0 Å². The fourth-order valence-electron chi connectivity index (χ4n) is 2.59. The summed E-state index contributed by atoms with van der Waals surface area (Å²) >= 11 is 0. The lowest BCUT2D eigenvalue weighted by atomic mass is 9.75. The van der Waals surface area contributed by atoms with Gasteiger partial charge in [-0.1, -0.05) is 20.3 Å². The van der Waals surface area contributed by atoms with E-state index in [9.17, 15) is 0 Å². The second kappa shape index (κ2) is 4.43. The molecule has 1 N–H and O–H groups in total. The van der Waals surface area contributed by atoms with Crippen LogP contribution in [0.2, 0.25) is 0 Å². The van der Waals surface area contributed by atoms with Crippen LogP contribution in [0.15, 0.2) is 0 Å². The minimum Gasteiger partial charge on any atom is -0.378 e. The Labute approximate surface area is 82.0 Å². The van der Waals surface area contributed by atoms with Gasteiger partial charge in [0.25, 0.3) is 0 Å². The van der Waals surface area contributed by atoms with Gasteiger partial charge in [-0.05, 0) is 26.3 Å². The number of hydrogen-bond acceptors (Lipinski definition) is 2. The highest BCUT2D eigenvalue weighted by atomic mass is 16.5. The zero-order valence-electron chi connectivity index (χ0n) is 9.39. The van der Waals surface area contributed by atoms with Crippen LogP contribution in [0.1, 0.15) is 33.6 Å². The van der Waals surface area contributed by atoms with E-state index in [1.54, 1.807) is 0 Å². The Hall–Kier alpha value is -0.0800. The average Bonchev–Trinajstić information content (AvgIpc) is 2.34. The van der Waals surface area contributed by atoms with Gasteiger partial charge in [0.15, 0.2) is 0 Å². The second-order valence-electron chi connectivity index (χ2n) is 4.60. The minimum atomic E-state index is 0.351. The molecule has 13 heavy (non-hydrogen) atoms. The number of hydrogen-bond donors (Lipinski definition) is 1. The first kappa shape index (κ1) is 11.0. The van der Waals surface area contributed by atoms with Crippen LogP contribution in [0.5, 0.6) is 0 Å². The maximum Gasteiger partial charge on any atom is 0.0581 e. The Bertz CT molecular complexity index is 156. The van der Waals surface area contributed by atoms with E-state index in [0.717, 1.165) is 19.1 Å². The lowest BCUT2D eigenvalue weighted by Crippen LogP contribution is -2.37. The van der Waals surface area contributed by atoms with Crippen molar-refractivity contribution in [3.8, 4) is 0 Å². The van der Waals surface area contributed by atoms with Crippen LogP contribution in [0.3, 0.4) is 0 Å². The fraction of sp³-hybridized carbons (Fsp3) is 1.00. The van der Waals surface area contributed by atoms with Gasteiger partial charge in [-0.25, -0.2) is 0 Å². The number of nitrogens with one attached hydrogen (secondary N) is 1. The van der Waals surface area contributed by atoms with E-state index in [4.69, 9.17) is 4.74 Å². The number of ether oxygens (including phenoxy) is 1. The Morgan fingerprint density at radius 2 is 2.23 bits per heavy atom. The highest BCUT2D eigenvalue weighted by Crippen LogP contribution is 2.40. The molecule has 1 aliphatic rings. The summed E-state index contributed by atoms with van der Waals surface area (Å²) in [7, 11) is 2.03. The zero-order chi connectivity index (χ0) is 9.90. The monoisotopic (exact) mass is 185 g/mol. The van der Waals surface area contributed by atoms with E-state index in [0.29, 0.717) is 11.5 Å². The first-order chi connectivity index (χ1) is 6.14. The molecule has 2 heteroatoms. The number of rotatable bonds is 4. The molecule has 1 rings (SSSR count). The minimum absolute atomic E-state index is 0.351.